The van der Waals surface area contributed by atoms with E-state index in [2.05, 4.69) is 17.6 Å². The number of hydrogen-bond donors (Lipinski definition) is 3. The fraction of sp³-hybridized carbons (Fsp3) is 0.800. The van der Waals surface area contributed by atoms with E-state index in [-0.39, 0.29) is 30.6 Å². The van der Waals surface area contributed by atoms with Crippen LogP contribution in [0.3, 0.4) is 0 Å². The van der Waals surface area contributed by atoms with Crippen molar-refractivity contribution < 1.29 is 9.90 Å². The van der Waals surface area contributed by atoms with Gasteiger partial charge in [0.2, 0.25) is 0 Å². The first kappa shape index (κ1) is 14.4. The molecule has 2 rings (SSSR count). The number of nitrogens with one attached hydrogen (secondary N) is 2. The molecule has 19 heavy (non-hydrogen) atoms. The predicted molar refractivity (Wildman–Crippen MR) is 75.8 cm³/mol. The number of hydrogen-bond acceptors (Lipinski definition) is 2. The van der Waals surface area contributed by atoms with Crippen LogP contribution in [0.2, 0.25) is 0 Å². The van der Waals surface area contributed by atoms with Crippen molar-refractivity contribution in [3.05, 3.63) is 12.2 Å². The minimum Gasteiger partial charge on any atom is -0.396 e. The molecule has 0 bridgehead atoms. The van der Waals surface area contributed by atoms with Crippen molar-refractivity contribution >= 4 is 6.03 Å². The van der Waals surface area contributed by atoms with Crippen LogP contribution in [0.5, 0.6) is 0 Å². The smallest absolute Gasteiger partial charge is 0.315 e. The van der Waals surface area contributed by atoms with E-state index in [4.69, 9.17) is 5.11 Å². The summed E-state index contributed by atoms with van der Waals surface area (Å²) in [5.41, 5.74) is 0. The highest BCUT2D eigenvalue weighted by Crippen LogP contribution is 2.26. The molecule has 0 aromatic heterocycles. The molecule has 0 aromatic rings. The van der Waals surface area contributed by atoms with Crippen LogP contribution >= 0.6 is 0 Å². The molecule has 0 saturated heterocycles. The normalized spacial score (nSPS) is 29.2. The van der Waals surface area contributed by atoms with E-state index >= 15 is 0 Å². The van der Waals surface area contributed by atoms with Gasteiger partial charge in [0.15, 0.2) is 0 Å². The second kappa shape index (κ2) is 6.94. The third-order valence-corrected chi connectivity index (χ3v) is 4.44. The third-order valence-electron chi connectivity index (χ3n) is 4.44. The number of aliphatic hydroxyl groups is 1. The number of carbonyl (C=O) groups excluding carboxylic acids is 1. The third kappa shape index (κ3) is 4.23. The lowest BCUT2D eigenvalue weighted by Crippen LogP contribution is -2.47. The first-order valence-corrected chi connectivity index (χ1v) is 7.55. The van der Waals surface area contributed by atoms with E-state index in [1.54, 1.807) is 0 Å². The SMILES string of the molecule is CC(NC(=O)N[C@@H]1C=C[C@H](CO)C1)C1CCCCC1. The van der Waals surface area contributed by atoms with Crippen molar-refractivity contribution in [3.8, 4) is 0 Å². The molecule has 1 unspecified atom stereocenters. The monoisotopic (exact) mass is 266 g/mol. The molecule has 1 saturated carbocycles. The Labute approximate surface area is 115 Å². The largest absolute Gasteiger partial charge is 0.396 e. The number of carbonyl (C=O) groups is 1. The van der Waals surface area contributed by atoms with E-state index in [9.17, 15) is 4.79 Å². The van der Waals surface area contributed by atoms with E-state index in [1.165, 1.54) is 32.1 Å². The molecule has 4 nitrogen and oxygen atoms in total. The highest BCUT2D eigenvalue weighted by atomic mass is 16.3. The van der Waals surface area contributed by atoms with Crippen LogP contribution in [0.25, 0.3) is 0 Å². The summed E-state index contributed by atoms with van der Waals surface area (Å²) in [6, 6.07) is 0.237. The highest BCUT2D eigenvalue weighted by molar-refractivity contribution is 5.74. The zero-order chi connectivity index (χ0) is 13.7. The molecule has 3 atom stereocenters. The van der Waals surface area contributed by atoms with Crippen molar-refractivity contribution in [1.29, 1.82) is 0 Å². The van der Waals surface area contributed by atoms with Crippen LogP contribution in [0, 0.1) is 11.8 Å². The molecular weight excluding hydrogens is 240 g/mol. The fourth-order valence-electron chi connectivity index (χ4n) is 3.19. The molecule has 2 amide bonds. The van der Waals surface area contributed by atoms with Crippen LogP contribution in [-0.2, 0) is 0 Å². The van der Waals surface area contributed by atoms with Crippen LogP contribution in [0.4, 0.5) is 4.79 Å². The Kier molecular flexibility index (Phi) is 5.25. The summed E-state index contributed by atoms with van der Waals surface area (Å²) < 4.78 is 0. The fourth-order valence-corrected chi connectivity index (χ4v) is 3.19. The maximum absolute atomic E-state index is 11.9. The van der Waals surface area contributed by atoms with Crippen LogP contribution in [-0.4, -0.2) is 29.8 Å². The van der Waals surface area contributed by atoms with Crippen LogP contribution in [0.15, 0.2) is 12.2 Å². The summed E-state index contributed by atoms with van der Waals surface area (Å²) in [6.45, 7) is 2.27. The minimum absolute atomic E-state index is 0.0655. The average molecular weight is 266 g/mol. The lowest BCUT2D eigenvalue weighted by Gasteiger charge is -2.28. The number of amides is 2. The minimum atomic E-state index is -0.0775. The van der Waals surface area contributed by atoms with E-state index in [0.717, 1.165) is 6.42 Å². The van der Waals surface area contributed by atoms with Gasteiger partial charge in [-0.05, 0) is 32.1 Å². The molecule has 3 N–H and O–H groups in total. The molecule has 0 radical (unpaired) electrons. The number of urea groups is 1. The molecule has 0 aromatic carbocycles. The predicted octanol–water partition coefficient (Wildman–Crippen LogP) is 2.19. The second-order valence-electron chi connectivity index (χ2n) is 5.97. The summed E-state index contributed by atoms with van der Waals surface area (Å²) in [5.74, 6) is 0.824. The molecule has 2 aliphatic rings. The summed E-state index contributed by atoms with van der Waals surface area (Å²) in [6.07, 6.45) is 11.2. The maximum atomic E-state index is 11.9. The number of rotatable bonds is 4. The number of aliphatic hydroxyl groups excluding tert-OH is 1. The van der Waals surface area contributed by atoms with Crippen molar-refractivity contribution in [1.82, 2.24) is 10.6 Å². The molecule has 1 fully saturated rings. The van der Waals surface area contributed by atoms with Gasteiger partial charge in [0.1, 0.15) is 0 Å². The Balaban J connectivity index is 1.70. The quantitative estimate of drug-likeness (QED) is 0.683. The average Bonchev–Trinajstić information content (AvgIpc) is 2.87. The topological polar surface area (TPSA) is 61.4 Å². The summed E-state index contributed by atoms with van der Waals surface area (Å²) in [7, 11) is 0. The van der Waals surface area contributed by atoms with Gasteiger partial charge in [0.05, 0.1) is 0 Å². The van der Waals surface area contributed by atoms with Crippen molar-refractivity contribution in [2.24, 2.45) is 11.8 Å². The Morgan fingerprint density at radius 1 is 1.32 bits per heavy atom. The first-order valence-electron chi connectivity index (χ1n) is 7.55. The van der Waals surface area contributed by atoms with Gasteiger partial charge in [0, 0.05) is 24.6 Å². The van der Waals surface area contributed by atoms with Gasteiger partial charge in [0.25, 0.3) is 0 Å². The van der Waals surface area contributed by atoms with E-state index in [0.29, 0.717) is 5.92 Å². The van der Waals surface area contributed by atoms with Crippen LogP contribution in [0.1, 0.15) is 45.4 Å². The van der Waals surface area contributed by atoms with Crippen molar-refractivity contribution in [2.45, 2.75) is 57.5 Å². The molecule has 0 aliphatic heterocycles. The van der Waals surface area contributed by atoms with Gasteiger partial charge in [-0.25, -0.2) is 4.79 Å². The Bertz CT molecular complexity index is 324. The highest BCUT2D eigenvalue weighted by Gasteiger charge is 2.23. The van der Waals surface area contributed by atoms with Gasteiger partial charge < -0.3 is 15.7 Å². The van der Waals surface area contributed by atoms with Gasteiger partial charge in [-0.1, -0.05) is 31.4 Å². The van der Waals surface area contributed by atoms with Gasteiger partial charge in [-0.15, -0.1) is 0 Å². The first-order chi connectivity index (χ1) is 9.19. The van der Waals surface area contributed by atoms with Gasteiger partial charge in [-0.3, -0.25) is 0 Å². The summed E-state index contributed by atoms with van der Waals surface area (Å²) >= 11 is 0. The van der Waals surface area contributed by atoms with Crippen molar-refractivity contribution in [2.75, 3.05) is 6.61 Å². The lowest BCUT2D eigenvalue weighted by atomic mass is 9.85. The molecule has 4 heteroatoms. The van der Waals surface area contributed by atoms with Gasteiger partial charge >= 0.3 is 6.03 Å². The molecule has 0 heterocycles. The Hall–Kier alpha value is -1.03. The second-order valence-corrected chi connectivity index (χ2v) is 5.97. The zero-order valence-electron chi connectivity index (χ0n) is 11.8. The Morgan fingerprint density at radius 3 is 2.68 bits per heavy atom. The van der Waals surface area contributed by atoms with Crippen molar-refractivity contribution in [3.63, 3.8) is 0 Å². The van der Waals surface area contributed by atoms with E-state index in [1.807, 2.05) is 12.2 Å². The molecular formula is C15H26N2O2. The molecule has 108 valence electrons. The maximum Gasteiger partial charge on any atom is 0.315 e. The summed E-state index contributed by atoms with van der Waals surface area (Å²) in [4.78, 5) is 11.9. The summed E-state index contributed by atoms with van der Waals surface area (Å²) in [5, 5.41) is 15.1. The van der Waals surface area contributed by atoms with Gasteiger partial charge in [-0.2, -0.15) is 0 Å². The standard InChI is InChI=1S/C15H26N2O2/c1-11(13-5-3-2-4-6-13)16-15(19)17-14-8-7-12(9-14)10-18/h7-8,11-14,18H,2-6,9-10H2,1H3,(H2,16,17,19)/t11?,12-,14+/m0/s1. The van der Waals surface area contributed by atoms with Crippen LogP contribution < -0.4 is 10.6 Å². The molecule has 0 spiro atoms. The molecule has 2 aliphatic carbocycles. The Morgan fingerprint density at radius 2 is 2.05 bits per heavy atom. The zero-order valence-corrected chi connectivity index (χ0v) is 11.8. The lowest BCUT2D eigenvalue weighted by molar-refractivity contribution is 0.219. The van der Waals surface area contributed by atoms with E-state index < -0.39 is 0 Å².